The van der Waals surface area contributed by atoms with Crippen LogP contribution in [-0.2, 0) is 20.7 Å². The number of rotatable bonds is 3. The van der Waals surface area contributed by atoms with Gasteiger partial charge in [-0.2, -0.15) is 0 Å². The Morgan fingerprint density at radius 2 is 1.88 bits per heavy atom. The van der Waals surface area contributed by atoms with Gasteiger partial charge in [0.05, 0.1) is 6.10 Å². The van der Waals surface area contributed by atoms with Crippen LogP contribution in [0.4, 0.5) is 0 Å². The van der Waals surface area contributed by atoms with E-state index in [2.05, 4.69) is 13.0 Å². The Kier molecular flexibility index (Phi) is 5.49. The van der Waals surface area contributed by atoms with Crippen molar-refractivity contribution in [2.24, 2.45) is 17.3 Å². The van der Waals surface area contributed by atoms with E-state index in [0.29, 0.717) is 23.5 Å². The van der Waals surface area contributed by atoms with Crippen LogP contribution in [0.3, 0.4) is 0 Å². The molecule has 1 aromatic carbocycles. The maximum atomic E-state index is 11.4. The molecular weight excluding hydrogens is 416 g/mol. The second-order valence-electron chi connectivity index (χ2n) is 10.3. The number of phenols is 1. The number of aliphatic carboxylic acids is 1. The van der Waals surface area contributed by atoms with Gasteiger partial charge in [-0.1, -0.05) is 13.0 Å². The summed E-state index contributed by atoms with van der Waals surface area (Å²) in [5, 5.41) is 49.6. The number of hydrogen-bond acceptors (Lipinski definition) is 7. The van der Waals surface area contributed by atoms with Crippen LogP contribution in [0.15, 0.2) is 18.2 Å². The van der Waals surface area contributed by atoms with Crippen LogP contribution in [0.5, 0.6) is 5.75 Å². The SMILES string of the molecule is C[C@]12CCC3c4ccc(O)cc4CCC3C1CC[C@@H]2O[C@@H]1O[C@H](C(=O)O)[C@@H](O)[C@H](O)[C@H]1O. The van der Waals surface area contributed by atoms with Crippen molar-refractivity contribution in [3.63, 3.8) is 0 Å². The van der Waals surface area contributed by atoms with Crippen molar-refractivity contribution in [2.75, 3.05) is 0 Å². The van der Waals surface area contributed by atoms with Crippen LogP contribution < -0.4 is 0 Å². The van der Waals surface area contributed by atoms with Crippen LogP contribution in [-0.4, -0.2) is 68.3 Å². The number of hydrogen-bond donors (Lipinski definition) is 5. The highest BCUT2D eigenvalue weighted by Gasteiger charge is 2.57. The van der Waals surface area contributed by atoms with Crippen LogP contribution in [0.25, 0.3) is 0 Å². The number of aryl methyl sites for hydroxylation is 1. The molecule has 8 nitrogen and oxygen atoms in total. The lowest BCUT2D eigenvalue weighted by Gasteiger charge is -2.51. The summed E-state index contributed by atoms with van der Waals surface area (Å²) in [7, 11) is 0. The van der Waals surface area contributed by atoms with Gasteiger partial charge in [-0.25, -0.2) is 4.79 Å². The van der Waals surface area contributed by atoms with Gasteiger partial charge in [0.25, 0.3) is 0 Å². The number of carbonyl (C=O) groups is 1. The maximum Gasteiger partial charge on any atom is 0.335 e. The number of carboxylic acids is 1. The van der Waals surface area contributed by atoms with Crippen molar-refractivity contribution >= 4 is 5.97 Å². The van der Waals surface area contributed by atoms with E-state index in [0.717, 1.165) is 38.5 Å². The average molecular weight is 449 g/mol. The van der Waals surface area contributed by atoms with Crippen molar-refractivity contribution < 1.29 is 39.8 Å². The first-order chi connectivity index (χ1) is 15.2. The molecule has 3 fully saturated rings. The van der Waals surface area contributed by atoms with E-state index in [1.54, 1.807) is 6.07 Å². The smallest absolute Gasteiger partial charge is 0.335 e. The van der Waals surface area contributed by atoms with Gasteiger partial charge in [-0.3, -0.25) is 0 Å². The number of carboxylic acid groups (broad SMARTS) is 1. The third kappa shape index (κ3) is 3.35. The topological polar surface area (TPSA) is 137 Å². The zero-order valence-electron chi connectivity index (χ0n) is 18.1. The van der Waals surface area contributed by atoms with E-state index in [1.165, 1.54) is 11.1 Å². The highest BCUT2D eigenvalue weighted by Crippen LogP contribution is 2.61. The lowest BCUT2D eigenvalue weighted by Crippen LogP contribution is -2.61. The Balaban J connectivity index is 1.34. The average Bonchev–Trinajstić information content (AvgIpc) is 3.09. The highest BCUT2D eigenvalue weighted by molar-refractivity contribution is 5.73. The van der Waals surface area contributed by atoms with E-state index >= 15 is 0 Å². The Hall–Kier alpha value is -1.71. The number of fused-ring (bicyclic) bond motifs is 5. The number of phenolic OH excluding ortho intramolecular Hbond substituents is 1. The number of ether oxygens (including phenoxy) is 2. The number of aliphatic hydroxyl groups is 3. The quantitative estimate of drug-likeness (QED) is 0.470. The minimum Gasteiger partial charge on any atom is -0.508 e. The molecule has 0 aromatic heterocycles. The first-order valence-corrected chi connectivity index (χ1v) is 11.6. The highest BCUT2D eigenvalue weighted by atomic mass is 16.7. The maximum absolute atomic E-state index is 11.4. The molecule has 1 heterocycles. The molecule has 8 heteroatoms. The summed E-state index contributed by atoms with van der Waals surface area (Å²) in [4.78, 5) is 11.4. The summed E-state index contributed by atoms with van der Waals surface area (Å²) in [6, 6.07) is 5.73. The van der Waals surface area contributed by atoms with Crippen LogP contribution in [0.1, 0.15) is 56.1 Å². The van der Waals surface area contributed by atoms with E-state index in [1.807, 2.05) is 6.07 Å². The third-order valence-electron chi connectivity index (χ3n) is 8.73. The summed E-state index contributed by atoms with van der Waals surface area (Å²) in [5.74, 6) is 0.312. The lowest BCUT2D eigenvalue weighted by molar-refractivity contribution is -0.312. The fourth-order valence-electron chi connectivity index (χ4n) is 7.07. The molecule has 0 spiro atoms. The summed E-state index contributed by atoms with van der Waals surface area (Å²) in [6.07, 6.45) is -2.38. The molecule has 10 atom stereocenters. The fraction of sp³-hybridized carbons (Fsp3) is 0.708. The molecule has 3 aliphatic carbocycles. The van der Waals surface area contributed by atoms with Crippen molar-refractivity contribution in [3.05, 3.63) is 29.3 Å². The van der Waals surface area contributed by atoms with Crippen molar-refractivity contribution in [1.82, 2.24) is 0 Å². The van der Waals surface area contributed by atoms with Crippen molar-refractivity contribution in [1.29, 1.82) is 0 Å². The molecule has 0 radical (unpaired) electrons. The Morgan fingerprint density at radius 3 is 2.62 bits per heavy atom. The minimum atomic E-state index is -1.72. The second kappa shape index (κ2) is 7.95. The largest absolute Gasteiger partial charge is 0.508 e. The van der Waals surface area contributed by atoms with Gasteiger partial charge in [0.15, 0.2) is 12.4 Å². The fourth-order valence-corrected chi connectivity index (χ4v) is 7.07. The van der Waals surface area contributed by atoms with E-state index < -0.39 is 36.7 Å². The standard InChI is InChI=1S/C24H32O8/c1-24-9-8-14-13-5-3-12(25)10-11(13)2-4-15(14)16(24)6-7-17(24)31-23-20(28)18(26)19(27)21(32-23)22(29)30/h3,5,10,14-21,23,25-28H,2,4,6-9H2,1H3,(H,29,30)/t14?,15?,16?,17-,18-,19-,20+,21-,23+,24-/m0/s1. The Labute approximate surface area is 186 Å². The molecule has 5 rings (SSSR count). The molecule has 176 valence electrons. The first kappa shape index (κ1) is 22.1. The first-order valence-electron chi connectivity index (χ1n) is 11.6. The van der Waals surface area contributed by atoms with Crippen molar-refractivity contribution in [2.45, 2.75) is 88.2 Å². The van der Waals surface area contributed by atoms with Gasteiger partial charge in [0, 0.05) is 0 Å². The van der Waals surface area contributed by atoms with Crippen LogP contribution in [0, 0.1) is 17.3 Å². The third-order valence-corrected chi connectivity index (χ3v) is 8.73. The summed E-state index contributed by atoms with van der Waals surface area (Å²) in [6.45, 7) is 2.22. The zero-order valence-corrected chi connectivity index (χ0v) is 18.1. The molecule has 0 amide bonds. The predicted molar refractivity (Wildman–Crippen MR) is 112 cm³/mol. The molecule has 1 saturated heterocycles. The van der Waals surface area contributed by atoms with Gasteiger partial charge in [-0.15, -0.1) is 0 Å². The summed E-state index contributed by atoms with van der Waals surface area (Å²) < 4.78 is 11.5. The zero-order chi connectivity index (χ0) is 22.8. The molecule has 1 aromatic rings. The molecule has 32 heavy (non-hydrogen) atoms. The van der Waals surface area contributed by atoms with Crippen LogP contribution >= 0.6 is 0 Å². The number of benzene rings is 1. The molecular formula is C24H32O8. The summed E-state index contributed by atoms with van der Waals surface area (Å²) in [5.41, 5.74) is 2.45. The van der Waals surface area contributed by atoms with Gasteiger partial charge in [0.1, 0.15) is 24.1 Å². The number of aliphatic hydroxyl groups excluding tert-OH is 3. The molecule has 1 aliphatic heterocycles. The minimum absolute atomic E-state index is 0.140. The molecule has 5 N–H and O–H groups in total. The van der Waals surface area contributed by atoms with E-state index in [9.17, 15) is 30.3 Å². The van der Waals surface area contributed by atoms with Crippen LogP contribution in [0.2, 0.25) is 0 Å². The molecule has 0 bridgehead atoms. The monoisotopic (exact) mass is 448 g/mol. The van der Waals surface area contributed by atoms with Gasteiger partial charge in [0.2, 0.25) is 0 Å². The Morgan fingerprint density at radius 1 is 1.09 bits per heavy atom. The molecule has 2 saturated carbocycles. The second-order valence-corrected chi connectivity index (χ2v) is 10.3. The van der Waals surface area contributed by atoms with E-state index in [-0.39, 0.29) is 11.5 Å². The van der Waals surface area contributed by atoms with Gasteiger partial charge in [-0.05, 0) is 85.0 Å². The number of aromatic hydroxyl groups is 1. The van der Waals surface area contributed by atoms with Gasteiger partial charge >= 0.3 is 5.97 Å². The van der Waals surface area contributed by atoms with E-state index in [4.69, 9.17) is 9.47 Å². The summed E-state index contributed by atoms with van der Waals surface area (Å²) >= 11 is 0. The molecule has 3 unspecified atom stereocenters. The predicted octanol–water partition coefficient (Wildman–Crippen LogP) is 1.53. The lowest BCUT2D eigenvalue weighted by atomic mass is 9.55. The Bertz CT molecular complexity index is 889. The normalized spacial score (nSPS) is 45.6. The molecule has 4 aliphatic rings. The van der Waals surface area contributed by atoms with Gasteiger partial charge < -0.3 is 35.0 Å². The van der Waals surface area contributed by atoms with Crippen molar-refractivity contribution in [3.8, 4) is 5.75 Å².